The molecule has 0 aliphatic heterocycles. The molecular weight excluding hydrogens is 342 g/mol. The monoisotopic (exact) mass is 377 g/mol. The number of rotatable bonds is 13. The van der Waals surface area contributed by atoms with Crippen molar-refractivity contribution < 1.29 is 0 Å². The van der Waals surface area contributed by atoms with Gasteiger partial charge < -0.3 is 5.32 Å². The highest BCUT2D eigenvalue weighted by Gasteiger charge is 2.12. The van der Waals surface area contributed by atoms with Crippen LogP contribution in [0.3, 0.4) is 0 Å². The second-order valence-electron chi connectivity index (χ2n) is 7.45. The molecule has 2 aromatic rings. The van der Waals surface area contributed by atoms with Crippen molar-refractivity contribution in [1.82, 2.24) is 10.3 Å². The highest BCUT2D eigenvalue weighted by molar-refractivity contribution is 5.75. The third kappa shape index (κ3) is 6.72. The standard InChI is InChI=1S/C25H35N3/c1-5-11-21(6-2)18-27-19-24-25(26-4)23(16-17-28-24)20(3)12-10-15-22-13-8-7-9-14-22/h7-9,13-14,16-17,21,27H,3-6,10-12,15,18-19H2,1-2H3. The van der Waals surface area contributed by atoms with E-state index in [0.29, 0.717) is 0 Å². The van der Waals surface area contributed by atoms with Crippen molar-refractivity contribution in [2.45, 2.75) is 58.9 Å². The minimum atomic E-state index is 0.722. The maximum absolute atomic E-state index is 4.55. The van der Waals surface area contributed by atoms with Gasteiger partial charge in [-0.25, -0.2) is 0 Å². The van der Waals surface area contributed by atoms with Crippen LogP contribution in [-0.2, 0) is 13.0 Å². The Labute approximate surface area is 171 Å². The molecule has 0 aliphatic carbocycles. The number of aryl methyl sites for hydroxylation is 1. The molecule has 0 spiro atoms. The summed E-state index contributed by atoms with van der Waals surface area (Å²) in [7, 11) is 0. The Morgan fingerprint density at radius 2 is 1.96 bits per heavy atom. The summed E-state index contributed by atoms with van der Waals surface area (Å²) in [5.41, 5.74) is 5.40. The van der Waals surface area contributed by atoms with Crippen LogP contribution in [0.2, 0.25) is 0 Å². The third-order valence-electron chi connectivity index (χ3n) is 5.33. The molecule has 1 heterocycles. The van der Waals surface area contributed by atoms with Crippen LogP contribution in [0.1, 0.15) is 62.8 Å². The fraction of sp³-hybridized carbons (Fsp3) is 0.440. The lowest BCUT2D eigenvalue weighted by Gasteiger charge is -2.16. The van der Waals surface area contributed by atoms with Crippen molar-refractivity contribution in [2.75, 3.05) is 6.54 Å². The number of nitrogens with zero attached hydrogens (tertiary/aromatic N) is 2. The van der Waals surface area contributed by atoms with Crippen LogP contribution in [0.25, 0.3) is 5.57 Å². The average molecular weight is 378 g/mol. The van der Waals surface area contributed by atoms with E-state index in [2.05, 4.69) is 72.8 Å². The fourth-order valence-corrected chi connectivity index (χ4v) is 3.63. The first kappa shape index (κ1) is 22.0. The Hall–Kier alpha value is -2.26. The number of nitrogens with one attached hydrogen (secondary N) is 1. The lowest BCUT2D eigenvalue weighted by atomic mass is 9.98. The quantitative estimate of drug-likeness (QED) is 0.412. The van der Waals surface area contributed by atoms with Crippen LogP contribution >= 0.6 is 0 Å². The van der Waals surface area contributed by atoms with E-state index in [0.717, 1.165) is 60.8 Å². The zero-order valence-electron chi connectivity index (χ0n) is 17.6. The van der Waals surface area contributed by atoms with Crippen LogP contribution in [0.15, 0.2) is 54.2 Å². The van der Waals surface area contributed by atoms with Crippen molar-refractivity contribution in [3.05, 3.63) is 66.0 Å². The molecule has 0 saturated heterocycles. The zero-order chi connectivity index (χ0) is 20.2. The van der Waals surface area contributed by atoms with Crippen molar-refractivity contribution in [2.24, 2.45) is 10.9 Å². The number of hydrogen-bond acceptors (Lipinski definition) is 3. The Bertz CT molecular complexity index is 737. The van der Waals surface area contributed by atoms with Gasteiger partial charge in [-0.15, -0.1) is 0 Å². The summed E-state index contributed by atoms with van der Waals surface area (Å²) < 4.78 is 0. The van der Waals surface area contributed by atoms with Crippen molar-refractivity contribution in [3.63, 3.8) is 0 Å². The summed E-state index contributed by atoms with van der Waals surface area (Å²) >= 11 is 0. The summed E-state index contributed by atoms with van der Waals surface area (Å²) in [5, 5.41) is 3.56. The van der Waals surface area contributed by atoms with E-state index in [1.165, 1.54) is 24.8 Å². The fourth-order valence-electron chi connectivity index (χ4n) is 3.63. The second kappa shape index (κ2) is 12.2. The molecular formula is C25H35N3. The normalized spacial score (nSPS) is 11.9. The van der Waals surface area contributed by atoms with Crippen molar-refractivity contribution >= 4 is 18.0 Å². The number of aliphatic imine (C=N–C) groups is 1. The molecule has 2 rings (SSSR count). The van der Waals surface area contributed by atoms with E-state index in [-0.39, 0.29) is 0 Å². The molecule has 0 saturated carbocycles. The SMILES string of the molecule is C=Nc1c(C(=C)CCCc2ccccc2)ccnc1CNCC(CC)CCC. The van der Waals surface area contributed by atoms with Gasteiger partial charge in [0, 0.05) is 18.3 Å². The molecule has 28 heavy (non-hydrogen) atoms. The van der Waals surface area contributed by atoms with E-state index >= 15 is 0 Å². The minimum Gasteiger partial charge on any atom is -0.311 e. The second-order valence-corrected chi connectivity index (χ2v) is 7.45. The van der Waals surface area contributed by atoms with Crippen molar-refractivity contribution in [1.29, 1.82) is 0 Å². The molecule has 3 heteroatoms. The molecule has 1 aromatic heterocycles. The molecule has 0 aliphatic rings. The van der Waals surface area contributed by atoms with E-state index < -0.39 is 0 Å². The molecule has 3 nitrogen and oxygen atoms in total. The van der Waals surface area contributed by atoms with Gasteiger partial charge in [-0.1, -0.05) is 63.6 Å². The highest BCUT2D eigenvalue weighted by Crippen LogP contribution is 2.30. The van der Waals surface area contributed by atoms with Crippen molar-refractivity contribution in [3.8, 4) is 0 Å². The van der Waals surface area contributed by atoms with E-state index in [1.807, 2.05) is 12.3 Å². The summed E-state index contributed by atoms with van der Waals surface area (Å²) in [6.45, 7) is 14.4. The van der Waals surface area contributed by atoms with E-state index in [1.54, 1.807) is 0 Å². The summed E-state index contributed by atoms with van der Waals surface area (Å²) in [4.78, 5) is 8.85. The Kier molecular flexibility index (Phi) is 9.64. The Balaban J connectivity index is 1.95. The lowest BCUT2D eigenvalue weighted by molar-refractivity contribution is 0.427. The van der Waals surface area contributed by atoms with Crippen LogP contribution < -0.4 is 5.32 Å². The van der Waals surface area contributed by atoms with Gasteiger partial charge in [-0.05, 0) is 62.1 Å². The number of benzene rings is 1. The number of pyridine rings is 1. The zero-order valence-corrected chi connectivity index (χ0v) is 17.6. The molecule has 0 bridgehead atoms. The first-order valence-corrected chi connectivity index (χ1v) is 10.6. The molecule has 1 unspecified atom stereocenters. The third-order valence-corrected chi connectivity index (χ3v) is 5.33. The summed E-state index contributed by atoms with van der Waals surface area (Å²) in [6.07, 6.45) is 8.66. The van der Waals surface area contributed by atoms with Gasteiger partial charge >= 0.3 is 0 Å². The van der Waals surface area contributed by atoms with E-state index in [4.69, 9.17) is 0 Å². The van der Waals surface area contributed by atoms with Gasteiger partial charge in [-0.3, -0.25) is 9.98 Å². The van der Waals surface area contributed by atoms with Gasteiger partial charge in [0.25, 0.3) is 0 Å². The molecule has 0 fully saturated rings. The number of aromatic nitrogens is 1. The number of hydrogen-bond donors (Lipinski definition) is 1. The minimum absolute atomic E-state index is 0.722. The highest BCUT2D eigenvalue weighted by atomic mass is 14.9. The lowest BCUT2D eigenvalue weighted by Crippen LogP contribution is -2.22. The predicted molar refractivity (Wildman–Crippen MR) is 122 cm³/mol. The average Bonchev–Trinajstić information content (AvgIpc) is 2.73. The molecule has 0 amide bonds. The van der Waals surface area contributed by atoms with Crippen LogP contribution in [0, 0.1) is 5.92 Å². The molecule has 150 valence electrons. The largest absolute Gasteiger partial charge is 0.311 e. The van der Waals surface area contributed by atoms with Crippen LogP contribution in [-0.4, -0.2) is 18.2 Å². The maximum atomic E-state index is 4.55. The van der Waals surface area contributed by atoms with Gasteiger partial charge in [0.15, 0.2) is 0 Å². The predicted octanol–water partition coefficient (Wildman–Crippen LogP) is 6.37. The van der Waals surface area contributed by atoms with Crippen LogP contribution in [0.4, 0.5) is 5.69 Å². The summed E-state index contributed by atoms with van der Waals surface area (Å²) in [5.74, 6) is 0.723. The first-order valence-electron chi connectivity index (χ1n) is 10.6. The molecule has 1 atom stereocenters. The van der Waals surface area contributed by atoms with Gasteiger partial charge in [-0.2, -0.15) is 0 Å². The Morgan fingerprint density at radius 3 is 2.64 bits per heavy atom. The molecule has 1 N–H and O–H groups in total. The summed E-state index contributed by atoms with van der Waals surface area (Å²) in [6, 6.07) is 12.6. The molecule has 0 radical (unpaired) electrons. The number of allylic oxidation sites excluding steroid dienone is 1. The Morgan fingerprint density at radius 1 is 1.18 bits per heavy atom. The van der Waals surface area contributed by atoms with Gasteiger partial charge in [0.05, 0.1) is 11.4 Å². The van der Waals surface area contributed by atoms with Gasteiger partial charge in [0.1, 0.15) is 0 Å². The molecule has 1 aromatic carbocycles. The topological polar surface area (TPSA) is 37.3 Å². The van der Waals surface area contributed by atoms with Gasteiger partial charge in [0.2, 0.25) is 0 Å². The van der Waals surface area contributed by atoms with Crippen LogP contribution in [0.5, 0.6) is 0 Å². The van der Waals surface area contributed by atoms with E-state index in [9.17, 15) is 0 Å². The first-order chi connectivity index (χ1) is 13.7. The maximum Gasteiger partial charge on any atom is 0.0925 e. The smallest absolute Gasteiger partial charge is 0.0925 e.